The first-order chi connectivity index (χ1) is 9.00. The van der Waals surface area contributed by atoms with Gasteiger partial charge in [0.1, 0.15) is 5.75 Å². The molecule has 0 aliphatic heterocycles. The van der Waals surface area contributed by atoms with Gasteiger partial charge in [0.2, 0.25) is 0 Å². The van der Waals surface area contributed by atoms with E-state index in [4.69, 9.17) is 4.74 Å². The molecule has 0 aliphatic rings. The monoisotopic (exact) mass is 283 g/mol. The van der Waals surface area contributed by atoms with Gasteiger partial charge < -0.3 is 10.1 Å². The summed E-state index contributed by atoms with van der Waals surface area (Å²) in [5.74, 6) is 0.942. The summed E-state index contributed by atoms with van der Waals surface area (Å²) in [5.41, 5.74) is 1.17. The van der Waals surface area contributed by atoms with Gasteiger partial charge in [-0.1, -0.05) is 25.1 Å². The predicted octanol–water partition coefficient (Wildman–Crippen LogP) is 2.72. The van der Waals surface area contributed by atoms with Crippen molar-refractivity contribution < 1.29 is 8.95 Å². The lowest BCUT2D eigenvalue weighted by molar-refractivity contribution is 0.239. The molecule has 0 bridgehead atoms. The molecule has 4 heteroatoms. The van der Waals surface area contributed by atoms with Gasteiger partial charge in [-0.25, -0.2) is 0 Å². The molecule has 0 aromatic heterocycles. The summed E-state index contributed by atoms with van der Waals surface area (Å²) < 4.78 is 17.0. The van der Waals surface area contributed by atoms with Crippen molar-refractivity contribution in [3.8, 4) is 5.75 Å². The van der Waals surface area contributed by atoms with Crippen LogP contribution in [-0.4, -0.2) is 28.4 Å². The average molecular weight is 283 g/mol. The van der Waals surface area contributed by atoms with Crippen molar-refractivity contribution in [2.75, 3.05) is 12.8 Å². The van der Waals surface area contributed by atoms with Crippen LogP contribution in [-0.2, 0) is 17.3 Å². The highest BCUT2D eigenvalue weighted by Crippen LogP contribution is 2.19. The Labute approximate surface area is 119 Å². The Balaban J connectivity index is 2.42. The highest BCUT2D eigenvalue weighted by molar-refractivity contribution is 7.84. The third kappa shape index (κ3) is 6.21. The molecule has 1 aromatic carbocycles. The minimum Gasteiger partial charge on any atom is -0.491 e. The van der Waals surface area contributed by atoms with Gasteiger partial charge in [0.25, 0.3) is 0 Å². The number of rotatable bonds is 8. The van der Waals surface area contributed by atoms with Crippen LogP contribution in [0.4, 0.5) is 0 Å². The lowest BCUT2D eigenvalue weighted by atomic mass is 10.2. The Kier molecular flexibility index (Phi) is 7.10. The number of ether oxygens (including phenoxy) is 1. The van der Waals surface area contributed by atoms with E-state index < -0.39 is 10.8 Å². The highest BCUT2D eigenvalue weighted by Gasteiger charge is 2.07. The van der Waals surface area contributed by atoms with E-state index >= 15 is 0 Å². The van der Waals surface area contributed by atoms with Crippen molar-refractivity contribution >= 4 is 10.8 Å². The van der Waals surface area contributed by atoms with Crippen molar-refractivity contribution in [2.45, 2.75) is 45.1 Å². The fourth-order valence-electron chi connectivity index (χ4n) is 1.71. The zero-order valence-corrected chi connectivity index (χ0v) is 13.1. The molecule has 0 amide bonds. The van der Waals surface area contributed by atoms with Crippen LogP contribution in [0.2, 0.25) is 0 Å². The summed E-state index contributed by atoms with van der Waals surface area (Å²) in [6.07, 6.45) is 2.87. The second-order valence-corrected chi connectivity index (χ2v) is 6.85. The van der Waals surface area contributed by atoms with Crippen molar-refractivity contribution in [1.29, 1.82) is 0 Å². The van der Waals surface area contributed by atoms with Gasteiger partial charge in [0, 0.05) is 34.4 Å². The van der Waals surface area contributed by atoms with Crippen LogP contribution in [0.5, 0.6) is 5.75 Å². The standard InChI is InChI=1S/C15H25NO2S/c1-12(2)18-15-8-6-5-7-14(15)11-16-10-9-13(3)19(4)17/h5-8,12-13,16H,9-11H2,1-4H3. The number of hydrogen-bond donors (Lipinski definition) is 1. The summed E-state index contributed by atoms with van der Waals surface area (Å²) >= 11 is 0. The van der Waals surface area contributed by atoms with Gasteiger partial charge in [-0.2, -0.15) is 0 Å². The first-order valence-corrected chi connectivity index (χ1v) is 8.40. The largest absolute Gasteiger partial charge is 0.491 e. The van der Waals surface area contributed by atoms with Gasteiger partial charge >= 0.3 is 0 Å². The van der Waals surface area contributed by atoms with E-state index in [0.717, 1.165) is 25.3 Å². The molecule has 19 heavy (non-hydrogen) atoms. The van der Waals surface area contributed by atoms with E-state index in [1.165, 1.54) is 5.56 Å². The van der Waals surface area contributed by atoms with E-state index in [1.54, 1.807) is 6.26 Å². The van der Waals surface area contributed by atoms with Crippen molar-refractivity contribution in [2.24, 2.45) is 0 Å². The SMILES string of the molecule is CC(C)Oc1ccccc1CNCCC(C)S(C)=O. The van der Waals surface area contributed by atoms with Crippen LogP contribution < -0.4 is 10.1 Å². The van der Waals surface area contributed by atoms with Gasteiger partial charge in [-0.3, -0.25) is 4.21 Å². The molecule has 2 atom stereocenters. The minimum absolute atomic E-state index is 0.184. The maximum atomic E-state index is 11.2. The molecule has 1 rings (SSSR count). The average Bonchev–Trinajstić information content (AvgIpc) is 2.35. The molecule has 1 aromatic rings. The molecule has 108 valence electrons. The third-order valence-electron chi connectivity index (χ3n) is 2.95. The molecule has 0 aliphatic carbocycles. The molecular weight excluding hydrogens is 258 g/mol. The van der Waals surface area contributed by atoms with Gasteiger partial charge in [-0.15, -0.1) is 0 Å². The Morgan fingerprint density at radius 3 is 2.58 bits per heavy atom. The fourth-order valence-corrected chi connectivity index (χ4v) is 2.16. The maximum absolute atomic E-state index is 11.2. The zero-order valence-electron chi connectivity index (χ0n) is 12.3. The molecule has 0 saturated heterocycles. The molecule has 0 spiro atoms. The van der Waals surface area contributed by atoms with E-state index in [0.29, 0.717) is 0 Å². The topological polar surface area (TPSA) is 38.3 Å². The second-order valence-electron chi connectivity index (χ2n) is 5.05. The molecule has 0 radical (unpaired) electrons. The quantitative estimate of drug-likeness (QED) is 0.746. The van der Waals surface area contributed by atoms with Crippen LogP contribution in [0.25, 0.3) is 0 Å². The van der Waals surface area contributed by atoms with Gasteiger partial charge in [0.05, 0.1) is 6.10 Å². The number of nitrogens with one attached hydrogen (secondary N) is 1. The van der Waals surface area contributed by atoms with Crippen LogP contribution in [0.3, 0.4) is 0 Å². The third-order valence-corrected chi connectivity index (χ3v) is 4.31. The Morgan fingerprint density at radius 2 is 1.95 bits per heavy atom. The summed E-state index contributed by atoms with van der Waals surface area (Å²) in [7, 11) is -0.735. The first kappa shape index (κ1) is 16.2. The van der Waals surface area contributed by atoms with Crippen molar-refractivity contribution in [3.05, 3.63) is 29.8 Å². The number of hydrogen-bond acceptors (Lipinski definition) is 3. The number of para-hydroxylation sites is 1. The molecule has 0 saturated carbocycles. The Morgan fingerprint density at radius 1 is 1.26 bits per heavy atom. The van der Waals surface area contributed by atoms with Crippen molar-refractivity contribution in [3.63, 3.8) is 0 Å². The van der Waals surface area contributed by atoms with Crippen molar-refractivity contribution in [1.82, 2.24) is 5.32 Å². The molecule has 0 heterocycles. The molecular formula is C15H25NO2S. The van der Waals surface area contributed by atoms with Crippen LogP contribution in [0.15, 0.2) is 24.3 Å². The zero-order chi connectivity index (χ0) is 14.3. The summed E-state index contributed by atoms with van der Waals surface area (Å²) in [5, 5.41) is 3.63. The summed E-state index contributed by atoms with van der Waals surface area (Å²) in [6, 6.07) is 8.09. The van der Waals surface area contributed by atoms with E-state index in [2.05, 4.69) is 11.4 Å². The molecule has 3 nitrogen and oxygen atoms in total. The second kappa shape index (κ2) is 8.33. The van der Waals surface area contributed by atoms with Crippen LogP contribution in [0.1, 0.15) is 32.8 Å². The van der Waals surface area contributed by atoms with Gasteiger partial charge in [-0.05, 0) is 32.9 Å². The van der Waals surface area contributed by atoms with E-state index in [9.17, 15) is 4.21 Å². The van der Waals surface area contributed by atoms with Gasteiger partial charge in [0.15, 0.2) is 0 Å². The normalized spacial score (nSPS) is 14.4. The Hall–Kier alpha value is -0.870. The lowest BCUT2D eigenvalue weighted by Crippen LogP contribution is -2.21. The predicted molar refractivity (Wildman–Crippen MR) is 82.1 cm³/mol. The number of benzene rings is 1. The molecule has 0 fully saturated rings. The molecule has 1 N–H and O–H groups in total. The minimum atomic E-state index is -0.735. The highest BCUT2D eigenvalue weighted by atomic mass is 32.2. The van der Waals surface area contributed by atoms with E-state index in [-0.39, 0.29) is 11.4 Å². The van der Waals surface area contributed by atoms with Crippen LogP contribution >= 0.6 is 0 Å². The maximum Gasteiger partial charge on any atom is 0.124 e. The lowest BCUT2D eigenvalue weighted by Gasteiger charge is -2.15. The summed E-state index contributed by atoms with van der Waals surface area (Å²) in [6.45, 7) is 7.74. The van der Waals surface area contributed by atoms with Crippen LogP contribution in [0, 0.1) is 0 Å². The summed E-state index contributed by atoms with van der Waals surface area (Å²) in [4.78, 5) is 0. The smallest absolute Gasteiger partial charge is 0.124 e. The Bertz CT molecular complexity index is 407. The first-order valence-electron chi connectivity index (χ1n) is 6.78. The van der Waals surface area contributed by atoms with E-state index in [1.807, 2.05) is 39.0 Å². The molecule has 2 unspecified atom stereocenters. The fraction of sp³-hybridized carbons (Fsp3) is 0.600.